The van der Waals surface area contributed by atoms with E-state index in [0.717, 1.165) is 37.3 Å². The number of benzene rings is 1. The Hall–Kier alpha value is -2.25. The Labute approximate surface area is 147 Å². The van der Waals surface area contributed by atoms with E-state index in [1.807, 2.05) is 37.3 Å². The molecule has 3 rings (SSSR count). The third-order valence-electron chi connectivity index (χ3n) is 4.85. The zero-order chi connectivity index (χ0) is 17.7. The monoisotopic (exact) mass is 343 g/mol. The Morgan fingerprint density at radius 3 is 2.72 bits per heavy atom. The third-order valence-corrected chi connectivity index (χ3v) is 4.85. The van der Waals surface area contributed by atoms with Gasteiger partial charge in [-0.3, -0.25) is 4.79 Å². The van der Waals surface area contributed by atoms with E-state index >= 15 is 0 Å². The molecule has 1 aromatic carbocycles. The molecule has 2 N–H and O–H groups in total. The number of para-hydroxylation sites is 1. The van der Waals surface area contributed by atoms with Crippen molar-refractivity contribution in [3.8, 4) is 5.69 Å². The molecule has 0 saturated carbocycles. The van der Waals surface area contributed by atoms with Crippen molar-refractivity contribution in [2.45, 2.75) is 19.8 Å². The number of hydrogen-bond donors (Lipinski definition) is 2. The standard InChI is InChI=1S/C18H25N5O2/c1-14-16(21-22-23(14)15-6-4-3-5-7-15)17(24)20-12-18(13-25-2)8-10-19-11-9-18/h3-7,19H,8-13H2,1-2H3,(H,20,24). The van der Waals surface area contributed by atoms with Crippen LogP contribution in [-0.4, -0.2) is 54.3 Å². The number of rotatable bonds is 6. The first-order valence-corrected chi connectivity index (χ1v) is 8.61. The maximum Gasteiger partial charge on any atom is 0.273 e. The highest BCUT2D eigenvalue weighted by Crippen LogP contribution is 2.28. The molecule has 7 nitrogen and oxygen atoms in total. The van der Waals surface area contributed by atoms with Gasteiger partial charge in [-0.05, 0) is 45.0 Å². The number of piperidine rings is 1. The number of aromatic nitrogens is 3. The summed E-state index contributed by atoms with van der Waals surface area (Å²) in [7, 11) is 1.71. The quantitative estimate of drug-likeness (QED) is 0.827. The highest BCUT2D eigenvalue weighted by Gasteiger charge is 2.33. The van der Waals surface area contributed by atoms with Crippen LogP contribution in [0.25, 0.3) is 5.69 Å². The number of amides is 1. The van der Waals surface area contributed by atoms with Crippen LogP contribution >= 0.6 is 0 Å². The maximum absolute atomic E-state index is 12.6. The predicted molar refractivity (Wildman–Crippen MR) is 94.8 cm³/mol. The fourth-order valence-electron chi connectivity index (χ4n) is 3.34. The van der Waals surface area contributed by atoms with E-state index in [2.05, 4.69) is 20.9 Å². The molecule has 0 aliphatic carbocycles. The minimum Gasteiger partial charge on any atom is -0.384 e. The van der Waals surface area contributed by atoms with Gasteiger partial charge in [0.05, 0.1) is 18.0 Å². The number of nitrogens with zero attached hydrogens (tertiary/aromatic N) is 3. The molecule has 1 fully saturated rings. The molecule has 0 spiro atoms. The molecule has 0 atom stereocenters. The normalized spacial score (nSPS) is 16.6. The molecule has 25 heavy (non-hydrogen) atoms. The van der Waals surface area contributed by atoms with Crippen molar-refractivity contribution < 1.29 is 9.53 Å². The number of methoxy groups -OCH3 is 1. The van der Waals surface area contributed by atoms with Crippen LogP contribution in [0.4, 0.5) is 0 Å². The molecule has 1 aliphatic rings. The second kappa shape index (κ2) is 7.76. The molecule has 0 radical (unpaired) electrons. The summed E-state index contributed by atoms with van der Waals surface area (Å²) in [6.45, 7) is 4.98. The fraction of sp³-hybridized carbons (Fsp3) is 0.500. The van der Waals surface area contributed by atoms with Crippen molar-refractivity contribution in [1.29, 1.82) is 0 Å². The summed E-state index contributed by atoms with van der Waals surface area (Å²) in [5, 5.41) is 14.6. The number of nitrogens with one attached hydrogen (secondary N) is 2. The van der Waals surface area contributed by atoms with E-state index < -0.39 is 0 Å². The van der Waals surface area contributed by atoms with Gasteiger partial charge in [0.15, 0.2) is 5.69 Å². The molecule has 2 aromatic rings. The van der Waals surface area contributed by atoms with Gasteiger partial charge in [0.2, 0.25) is 0 Å². The van der Waals surface area contributed by atoms with E-state index in [1.165, 1.54) is 0 Å². The van der Waals surface area contributed by atoms with Gasteiger partial charge in [0.25, 0.3) is 5.91 Å². The van der Waals surface area contributed by atoms with Gasteiger partial charge in [-0.15, -0.1) is 5.10 Å². The average Bonchev–Trinajstić information content (AvgIpc) is 3.03. The Balaban J connectivity index is 1.70. The predicted octanol–water partition coefficient (Wildman–Crippen LogP) is 1.32. The Bertz CT molecular complexity index is 702. The van der Waals surface area contributed by atoms with Gasteiger partial charge in [0.1, 0.15) is 0 Å². The number of ether oxygens (including phenoxy) is 1. The zero-order valence-corrected chi connectivity index (χ0v) is 14.8. The summed E-state index contributed by atoms with van der Waals surface area (Å²) in [5.41, 5.74) is 1.97. The first kappa shape index (κ1) is 17.6. The summed E-state index contributed by atoms with van der Waals surface area (Å²) in [6, 6.07) is 9.68. The van der Waals surface area contributed by atoms with E-state index in [-0.39, 0.29) is 11.3 Å². The highest BCUT2D eigenvalue weighted by atomic mass is 16.5. The van der Waals surface area contributed by atoms with E-state index in [1.54, 1.807) is 11.8 Å². The van der Waals surface area contributed by atoms with Crippen LogP contribution in [0.5, 0.6) is 0 Å². The van der Waals surface area contributed by atoms with Crippen LogP contribution in [-0.2, 0) is 4.74 Å². The van der Waals surface area contributed by atoms with Crippen molar-refractivity contribution in [3.63, 3.8) is 0 Å². The van der Waals surface area contributed by atoms with E-state index in [4.69, 9.17) is 4.74 Å². The van der Waals surface area contributed by atoms with Crippen molar-refractivity contribution in [3.05, 3.63) is 41.7 Å². The highest BCUT2D eigenvalue weighted by molar-refractivity contribution is 5.93. The Kier molecular flexibility index (Phi) is 5.45. The molecule has 1 aliphatic heterocycles. The second-order valence-electron chi connectivity index (χ2n) is 6.64. The minimum atomic E-state index is -0.186. The van der Waals surface area contributed by atoms with Crippen LogP contribution in [0.3, 0.4) is 0 Å². The van der Waals surface area contributed by atoms with Gasteiger partial charge in [-0.1, -0.05) is 23.4 Å². The third kappa shape index (κ3) is 3.88. The molecule has 0 unspecified atom stereocenters. The van der Waals surface area contributed by atoms with Crippen LogP contribution in [0.15, 0.2) is 30.3 Å². The lowest BCUT2D eigenvalue weighted by Gasteiger charge is -2.37. The Morgan fingerprint density at radius 1 is 1.32 bits per heavy atom. The van der Waals surface area contributed by atoms with Gasteiger partial charge in [0, 0.05) is 19.1 Å². The molecule has 0 bridgehead atoms. The summed E-state index contributed by atoms with van der Waals surface area (Å²) < 4.78 is 7.08. The molecular formula is C18H25N5O2. The van der Waals surface area contributed by atoms with Crippen molar-refractivity contribution in [2.75, 3.05) is 33.4 Å². The van der Waals surface area contributed by atoms with Crippen LogP contribution in [0.1, 0.15) is 29.0 Å². The van der Waals surface area contributed by atoms with Crippen LogP contribution < -0.4 is 10.6 Å². The minimum absolute atomic E-state index is 0.0149. The first-order valence-electron chi connectivity index (χ1n) is 8.61. The molecule has 7 heteroatoms. The topological polar surface area (TPSA) is 81.1 Å². The summed E-state index contributed by atoms with van der Waals surface area (Å²) in [4.78, 5) is 12.6. The number of carbonyl (C=O) groups is 1. The van der Waals surface area contributed by atoms with Crippen molar-refractivity contribution in [1.82, 2.24) is 25.6 Å². The lowest BCUT2D eigenvalue weighted by atomic mass is 9.79. The maximum atomic E-state index is 12.6. The van der Waals surface area contributed by atoms with Gasteiger partial charge in [-0.2, -0.15) is 0 Å². The molecule has 1 aromatic heterocycles. The molecule has 1 saturated heterocycles. The number of hydrogen-bond acceptors (Lipinski definition) is 5. The molecule has 2 heterocycles. The molecule has 134 valence electrons. The lowest BCUT2D eigenvalue weighted by Crippen LogP contribution is -2.47. The van der Waals surface area contributed by atoms with Crippen LogP contribution in [0, 0.1) is 12.3 Å². The number of carbonyl (C=O) groups excluding carboxylic acids is 1. The largest absolute Gasteiger partial charge is 0.384 e. The van der Waals surface area contributed by atoms with E-state index in [0.29, 0.717) is 18.8 Å². The second-order valence-corrected chi connectivity index (χ2v) is 6.64. The zero-order valence-electron chi connectivity index (χ0n) is 14.8. The first-order chi connectivity index (χ1) is 12.2. The summed E-state index contributed by atoms with van der Waals surface area (Å²) >= 11 is 0. The van der Waals surface area contributed by atoms with Crippen molar-refractivity contribution in [2.24, 2.45) is 5.41 Å². The fourth-order valence-corrected chi connectivity index (χ4v) is 3.34. The van der Waals surface area contributed by atoms with Gasteiger partial charge in [-0.25, -0.2) is 4.68 Å². The van der Waals surface area contributed by atoms with Crippen LogP contribution in [0.2, 0.25) is 0 Å². The molecule has 1 amide bonds. The summed E-state index contributed by atoms with van der Waals surface area (Å²) in [5.74, 6) is -0.186. The smallest absolute Gasteiger partial charge is 0.273 e. The molecular weight excluding hydrogens is 318 g/mol. The van der Waals surface area contributed by atoms with Gasteiger partial charge >= 0.3 is 0 Å². The average molecular weight is 343 g/mol. The Morgan fingerprint density at radius 2 is 2.04 bits per heavy atom. The van der Waals surface area contributed by atoms with Gasteiger partial charge < -0.3 is 15.4 Å². The van der Waals surface area contributed by atoms with Crippen molar-refractivity contribution >= 4 is 5.91 Å². The lowest BCUT2D eigenvalue weighted by molar-refractivity contribution is 0.0510. The summed E-state index contributed by atoms with van der Waals surface area (Å²) in [6.07, 6.45) is 1.97. The SMILES string of the molecule is COCC1(CNC(=O)c2nnn(-c3ccccc3)c2C)CCNCC1. The van der Waals surface area contributed by atoms with E-state index in [9.17, 15) is 4.79 Å².